The van der Waals surface area contributed by atoms with Crippen molar-refractivity contribution in [2.24, 2.45) is 5.73 Å². The Kier molecular flexibility index (Phi) is 3.56. The van der Waals surface area contributed by atoms with Gasteiger partial charge in [0.25, 0.3) is 0 Å². The number of hydrogen-bond acceptors (Lipinski definition) is 4. The summed E-state index contributed by atoms with van der Waals surface area (Å²) < 4.78 is 5.69. The minimum absolute atomic E-state index is 0.0421. The molecule has 0 aliphatic carbocycles. The molecule has 4 nitrogen and oxygen atoms in total. The van der Waals surface area contributed by atoms with E-state index in [0.29, 0.717) is 13.1 Å². The van der Waals surface area contributed by atoms with Crippen LogP contribution in [-0.4, -0.2) is 24.8 Å². The van der Waals surface area contributed by atoms with Gasteiger partial charge in [-0.1, -0.05) is 18.2 Å². The van der Waals surface area contributed by atoms with Crippen molar-refractivity contribution in [2.45, 2.75) is 6.04 Å². The van der Waals surface area contributed by atoms with Crippen molar-refractivity contribution in [3.8, 4) is 0 Å². The highest BCUT2D eigenvalue weighted by Gasteiger charge is 2.13. The Hall–Kier alpha value is -1.36. The van der Waals surface area contributed by atoms with Crippen LogP contribution in [0.3, 0.4) is 0 Å². The lowest BCUT2D eigenvalue weighted by atomic mass is 10.2. The molecule has 1 heterocycles. The Labute approximate surface area is 94.1 Å². The summed E-state index contributed by atoms with van der Waals surface area (Å²) in [5, 5.41) is 13.0. The van der Waals surface area contributed by atoms with Crippen molar-refractivity contribution in [1.29, 1.82) is 0 Å². The maximum Gasteiger partial charge on any atom is 0.134 e. The first kappa shape index (κ1) is 11.1. The van der Waals surface area contributed by atoms with E-state index in [1.807, 2.05) is 30.3 Å². The van der Waals surface area contributed by atoms with Crippen molar-refractivity contribution < 1.29 is 9.52 Å². The summed E-state index contributed by atoms with van der Waals surface area (Å²) in [6, 6.07) is 9.78. The van der Waals surface area contributed by atoms with Crippen molar-refractivity contribution in [3.63, 3.8) is 0 Å². The van der Waals surface area contributed by atoms with Crippen LogP contribution < -0.4 is 11.1 Å². The molecule has 0 fully saturated rings. The van der Waals surface area contributed by atoms with Gasteiger partial charge in [-0.2, -0.15) is 0 Å². The van der Waals surface area contributed by atoms with E-state index in [-0.39, 0.29) is 12.6 Å². The van der Waals surface area contributed by atoms with E-state index >= 15 is 0 Å². The van der Waals surface area contributed by atoms with E-state index in [2.05, 4.69) is 5.32 Å². The number of rotatable bonds is 5. The number of aliphatic hydroxyl groups is 1. The Bertz CT molecular complexity index is 420. The van der Waals surface area contributed by atoms with Gasteiger partial charge in [0.05, 0.1) is 12.6 Å². The molecule has 2 aromatic rings. The van der Waals surface area contributed by atoms with Crippen LogP contribution in [0.4, 0.5) is 0 Å². The third-order valence-electron chi connectivity index (χ3n) is 2.53. The maximum atomic E-state index is 8.76. The van der Waals surface area contributed by atoms with E-state index in [1.54, 1.807) is 0 Å². The SMILES string of the molecule is NCC(NCCO)c1cc2ccccc2o1. The molecule has 0 saturated carbocycles. The average Bonchev–Trinajstić information content (AvgIpc) is 2.73. The summed E-state index contributed by atoms with van der Waals surface area (Å²) in [5.74, 6) is 0.817. The monoisotopic (exact) mass is 220 g/mol. The molecule has 4 heteroatoms. The molecule has 0 saturated heterocycles. The fourth-order valence-electron chi connectivity index (χ4n) is 1.71. The molecule has 86 valence electrons. The largest absolute Gasteiger partial charge is 0.459 e. The van der Waals surface area contributed by atoms with E-state index in [1.165, 1.54) is 0 Å². The molecule has 0 radical (unpaired) electrons. The number of hydrogen-bond donors (Lipinski definition) is 3. The lowest BCUT2D eigenvalue weighted by Crippen LogP contribution is -2.29. The quantitative estimate of drug-likeness (QED) is 0.703. The molecular formula is C12H16N2O2. The van der Waals surface area contributed by atoms with Gasteiger partial charge < -0.3 is 20.6 Å². The minimum atomic E-state index is -0.0421. The van der Waals surface area contributed by atoms with Crippen LogP contribution in [0.2, 0.25) is 0 Å². The van der Waals surface area contributed by atoms with E-state index in [9.17, 15) is 0 Å². The highest BCUT2D eigenvalue weighted by molar-refractivity contribution is 5.77. The molecular weight excluding hydrogens is 204 g/mol. The van der Waals surface area contributed by atoms with Gasteiger partial charge in [0.15, 0.2) is 0 Å². The number of benzene rings is 1. The van der Waals surface area contributed by atoms with Crippen molar-refractivity contribution >= 4 is 11.0 Å². The fraction of sp³-hybridized carbons (Fsp3) is 0.333. The van der Waals surface area contributed by atoms with Crippen LogP contribution in [0.1, 0.15) is 11.8 Å². The van der Waals surface area contributed by atoms with Crippen LogP contribution in [-0.2, 0) is 0 Å². The van der Waals surface area contributed by atoms with Crippen LogP contribution in [0.5, 0.6) is 0 Å². The molecule has 1 atom stereocenters. The van der Waals surface area contributed by atoms with Gasteiger partial charge in [-0.25, -0.2) is 0 Å². The number of fused-ring (bicyclic) bond motifs is 1. The van der Waals surface area contributed by atoms with Gasteiger partial charge in [-0.15, -0.1) is 0 Å². The van der Waals surface area contributed by atoms with Crippen LogP contribution in [0, 0.1) is 0 Å². The maximum absolute atomic E-state index is 8.76. The van der Waals surface area contributed by atoms with Crippen molar-refractivity contribution in [3.05, 3.63) is 36.1 Å². The smallest absolute Gasteiger partial charge is 0.134 e. The normalized spacial score (nSPS) is 13.1. The van der Waals surface area contributed by atoms with Gasteiger partial charge in [-0.3, -0.25) is 0 Å². The summed E-state index contributed by atoms with van der Waals surface area (Å²) in [6.45, 7) is 1.05. The third kappa shape index (κ3) is 2.24. The summed E-state index contributed by atoms with van der Waals surface area (Å²) in [6.07, 6.45) is 0. The van der Waals surface area contributed by atoms with Gasteiger partial charge in [0.2, 0.25) is 0 Å². The molecule has 1 unspecified atom stereocenters. The van der Waals surface area contributed by atoms with Crippen molar-refractivity contribution in [2.75, 3.05) is 19.7 Å². The zero-order chi connectivity index (χ0) is 11.4. The first-order chi connectivity index (χ1) is 7.85. The van der Waals surface area contributed by atoms with Gasteiger partial charge in [0.1, 0.15) is 11.3 Å². The lowest BCUT2D eigenvalue weighted by molar-refractivity contribution is 0.280. The second kappa shape index (κ2) is 5.12. The zero-order valence-corrected chi connectivity index (χ0v) is 9.02. The predicted octanol–water partition coefficient (Wildman–Crippen LogP) is 1.01. The molecule has 0 spiro atoms. The van der Waals surface area contributed by atoms with E-state index in [0.717, 1.165) is 16.7 Å². The molecule has 4 N–H and O–H groups in total. The molecule has 1 aromatic heterocycles. The molecule has 2 rings (SSSR count). The standard InChI is InChI=1S/C12H16N2O2/c13-8-10(14-5-6-15)12-7-9-3-1-2-4-11(9)16-12/h1-4,7,10,14-15H,5-6,8,13H2. The predicted molar refractivity (Wildman–Crippen MR) is 63.1 cm³/mol. The number of nitrogens with two attached hydrogens (primary N) is 1. The molecule has 0 bridgehead atoms. The Balaban J connectivity index is 2.23. The first-order valence-electron chi connectivity index (χ1n) is 5.38. The second-order valence-corrected chi connectivity index (χ2v) is 3.65. The van der Waals surface area contributed by atoms with E-state index in [4.69, 9.17) is 15.3 Å². The zero-order valence-electron chi connectivity index (χ0n) is 9.02. The van der Waals surface area contributed by atoms with Gasteiger partial charge in [-0.05, 0) is 12.1 Å². The average molecular weight is 220 g/mol. The summed E-state index contributed by atoms with van der Waals surface area (Å²) in [7, 11) is 0. The van der Waals surface area contributed by atoms with Crippen LogP contribution >= 0.6 is 0 Å². The molecule has 1 aromatic carbocycles. The van der Waals surface area contributed by atoms with Crippen LogP contribution in [0.25, 0.3) is 11.0 Å². The Morgan fingerprint density at radius 2 is 2.19 bits per heavy atom. The van der Waals surface area contributed by atoms with Gasteiger partial charge in [0, 0.05) is 18.5 Å². The molecule has 0 aliphatic rings. The third-order valence-corrected chi connectivity index (χ3v) is 2.53. The number of furan rings is 1. The minimum Gasteiger partial charge on any atom is -0.459 e. The fourth-order valence-corrected chi connectivity index (χ4v) is 1.71. The topological polar surface area (TPSA) is 71.4 Å². The van der Waals surface area contributed by atoms with Gasteiger partial charge >= 0.3 is 0 Å². The summed E-state index contributed by atoms with van der Waals surface area (Å²) >= 11 is 0. The Morgan fingerprint density at radius 1 is 1.38 bits per heavy atom. The number of aliphatic hydroxyl groups excluding tert-OH is 1. The van der Waals surface area contributed by atoms with Crippen LogP contribution in [0.15, 0.2) is 34.7 Å². The van der Waals surface area contributed by atoms with Crippen molar-refractivity contribution in [1.82, 2.24) is 5.32 Å². The molecule has 0 aliphatic heterocycles. The number of nitrogens with one attached hydrogen (secondary N) is 1. The summed E-state index contributed by atoms with van der Waals surface area (Å²) in [4.78, 5) is 0. The first-order valence-corrected chi connectivity index (χ1v) is 5.38. The second-order valence-electron chi connectivity index (χ2n) is 3.65. The highest BCUT2D eigenvalue weighted by Crippen LogP contribution is 2.23. The Morgan fingerprint density at radius 3 is 2.88 bits per heavy atom. The highest BCUT2D eigenvalue weighted by atomic mass is 16.3. The molecule has 16 heavy (non-hydrogen) atoms. The molecule has 0 amide bonds. The summed E-state index contributed by atoms with van der Waals surface area (Å²) in [5.41, 5.74) is 6.53. The lowest BCUT2D eigenvalue weighted by Gasteiger charge is -2.12. The van der Waals surface area contributed by atoms with E-state index < -0.39 is 0 Å². The number of para-hydroxylation sites is 1.